The summed E-state index contributed by atoms with van der Waals surface area (Å²) < 4.78 is 39.2. The highest BCUT2D eigenvalue weighted by Gasteiger charge is 2.12. The summed E-state index contributed by atoms with van der Waals surface area (Å²) in [5, 5.41) is 0. The van der Waals surface area contributed by atoms with E-state index in [1.807, 2.05) is 0 Å². The van der Waals surface area contributed by atoms with E-state index in [-0.39, 0.29) is 5.56 Å². The second-order valence-corrected chi connectivity index (χ2v) is 2.98. The Labute approximate surface area is 84.2 Å². The van der Waals surface area contributed by atoms with Crippen molar-refractivity contribution in [1.29, 1.82) is 0 Å². The standard InChI is InChI=1S/C11H6F3N/c12-8-5-9(13)11(10(14)6-8)7-1-3-15-4-2-7/h1-6H. The van der Waals surface area contributed by atoms with Gasteiger partial charge in [0.05, 0.1) is 5.56 Å². The molecule has 1 aromatic carbocycles. The van der Waals surface area contributed by atoms with Crippen LogP contribution in [0.1, 0.15) is 0 Å². The maximum absolute atomic E-state index is 13.3. The first-order valence-electron chi connectivity index (χ1n) is 4.23. The molecule has 0 spiro atoms. The number of hydrogen-bond donors (Lipinski definition) is 0. The van der Waals surface area contributed by atoms with Gasteiger partial charge in [0.15, 0.2) is 0 Å². The van der Waals surface area contributed by atoms with E-state index < -0.39 is 17.5 Å². The zero-order chi connectivity index (χ0) is 10.8. The Morgan fingerprint density at radius 2 is 1.40 bits per heavy atom. The van der Waals surface area contributed by atoms with E-state index in [1.54, 1.807) is 0 Å². The fourth-order valence-corrected chi connectivity index (χ4v) is 1.34. The minimum Gasteiger partial charge on any atom is -0.265 e. The summed E-state index contributed by atoms with van der Waals surface area (Å²) >= 11 is 0. The van der Waals surface area contributed by atoms with Crippen LogP contribution in [0.2, 0.25) is 0 Å². The molecule has 0 bridgehead atoms. The van der Waals surface area contributed by atoms with Crippen LogP contribution in [-0.4, -0.2) is 4.98 Å². The van der Waals surface area contributed by atoms with Crippen molar-refractivity contribution in [3.05, 3.63) is 54.1 Å². The molecule has 0 unspecified atom stereocenters. The van der Waals surface area contributed by atoms with Gasteiger partial charge < -0.3 is 0 Å². The van der Waals surface area contributed by atoms with Crippen LogP contribution in [0.15, 0.2) is 36.7 Å². The number of benzene rings is 1. The molecule has 2 rings (SSSR count). The molecular formula is C11H6F3N. The lowest BCUT2D eigenvalue weighted by Gasteiger charge is -2.04. The maximum atomic E-state index is 13.3. The predicted octanol–water partition coefficient (Wildman–Crippen LogP) is 3.17. The number of pyridine rings is 1. The predicted molar refractivity (Wildman–Crippen MR) is 49.5 cm³/mol. The van der Waals surface area contributed by atoms with Gasteiger partial charge in [0.2, 0.25) is 0 Å². The van der Waals surface area contributed by atoms with Crippen molar-refractivity contribution in [3.63, 3.8) is 0 Å². The molecule has 0 amide bonds. The molecule has 1 nitrogen and oxygen atoms in total. The van der Waals surface area contributed by atoms with Crippen LogP contribution in [0.25, 0.3) is 11.1 Å². The second kappa shape index (κ2) is 3.73. The van der Waals surface area contributed by atoms with Gasteiger partial charge in [-0.25, -0.2) is 13.2 Å². The fraction of sp³-hybridized carbons (Fsp3) is 0. The molecular weight excluding hydrogens is 203 g/mol. The van der Waals surface area contributed by atoms with Gasteiger partial charge in [-0.1, -0.05) is 0 Å². The van der Waals surface area contributed by atoms with Crippen molar-refractivity contribution in [2.45, 2.75) is 0 Å². The van der Waals surface area contributed by atoms with Gasteiger partial charge in [-0.3, -0.25) is 4.98 Å². The second-order valence-electron chi connectivity index (χ2n) is 2.98. The monoisotopic (exact) mass is 209 g/mol. The Kier molecular flexibility index (Phi) is 2.41. The summed E-state index contributed by atoms with van der Waals surface area (Å²) in [5.41, 5.74) is 0.0961. The van der Waals surface area contributed by atoms with Gasteiger partial charge in [-0.2, -0.15) is 0 Å². The summed E-state index contributed by atoms with van der Waals surface area (Å²) in [4.78, 5) is 3.73. The van der Waals surface area contributed by atoms with Gasteiger partial charge in [0.25, 0.3) is 0 Å². The van der Waals surface area contributed by atoms with E-state index in [2.05, 4.69) is 4.98 Å². The van der Waals surface area contributed by atoms with E-state index in [4.69, 9.17) is 0 Å². The molecule has 0 aliphatic carbocycles. The number of nitrogens with zero attached hydrogens (tertiary/aromatic N) is 1. The Bertz CT molecular complexity index is 459. The van der Waals surface area contributed by atoms with Crippen molar-refractivity contribution < 1.29 is 13.2 Å². The van der Waals surface area contributed by atoms with Gasteiger partial charge in [0, 0.05) is 24.5 Å². The molecule has 1 heterocycles. The Hall–Kier alpha value is -1.84. The molecule has 0 aliphatic rings. The van der Waals surface area contributed by atoms with Gasteiger partial charge in [-0.05, 0) is 17.7 Å². The zero-order valence-electron chi connectivity index (χ0n) is 7.55. The van der Waals surface area contributed by atoms with Crippen LogP contribution < -0.4 is 0 Å². The van der Waals surface area contributed by atoms with E-state index >= 15 is 0 Å². The average molecular weight is 209 g/mol. The molecule has 2 aromatic rings. The maximum Gasteiger partial charge on any atom is 0.136 e. The summed E-state index contributed by atoms with van der Waals surface area (Å²) in [5.74, 6) is -2.76. The van der Waals surface area contributed by atoms with Crippen LogP contribution in [0.4, 0.5) is 13.2 Å². The summed E-state index contributed by atoms with van der Waals surface area (Å²) in [7, 11) is 0. The average Bonchev–Trinajstić information content (AvgIpc) is 2.17. The van der Waals surface area contributed by atoms with Crippen LogP contribution in [-0.2, 0) is 0 Å². The van der Waals surface area contributed by atoms with E-state index in [9.17, 15) is 13.2 Å². The van der Waals surface area contributed by atoms with Crippen LogP contribution in [0.3, 0.4) is 0 Å². The van der Waals surface area contributed by atoms with Crippen molar-refractivity contribution in [2.75, 3.05) is 0 Å². The summed E-state index contributed by atoms with van der Waals surface area (Å²) in [6.07, 6.45) is 2.83. The van der Waals surface area contributed by atoms with Crippen molar-refractivity contribution in [2.24, 2.45) is 0 Å². The molecule has 0 radical (unpaired) electrons. The number of rotatable bonds is 1. The minimum atomic E-state index is -0.928. The quantitative estimate of drug-likeness (QED) is 0.702. The molecule has 4 heteroatoms. The summed E-state index contributed by atoms with van der Waals surface area (Å²) in [6.45, 7) is 0. The van der Waals surface area contributed by atoms with Crippen molar-refractivity contribution >= 4 is 0 Å². The normalized spacial score (nSPS) is 10.3. The zero-order valence-corrected chi connectivity index (χ0v) is 7.55. The largest absolute Gasteiger partial charge is 0.265 e. The molecule has 0 N–H and O–H groups in total. The molecule has 76 valence electrons. The Morgan fingerprint density at radius 1 is 0.867 bits per heavy atom. The smallest absolute Gasteiger partial charge is 0.136 e. The first-order chi connectivity index (χ1) is 7.18. The third-order valence-electron chi connectivity index (χ3n) is 1.98. The van der Waals surface area contributed by atoms with Crippen LogP contribution >= 0.6 is 0 Å². The van der Waals surface area contributed by atoms with Crippen molar-refractivity contribution in [1.82, 2.24) is 4.98 Å². The van der Waals surface area contributed by atoms with E-state index in [0.29, 0.717) is 17.7 Å². The molecule has 0 fully saturated rings. The van der Waals surface area contributed by atoms with Gasteiger partial charge in [0.1, 0.15) is 17.5 Å². The topological polar surface area (TPSA) is 12.9 Å². The molecule has 1 aromatic heterocycles. The first kappa shape index (κ1) is 9.71. The van der Waals surface area contributed by atoms with Crippen molar-refractivity contribution in [3.8, 4) is 11.1 Å². The lowest BCUT2D eigenvalue weighted by atomic mass is 10.1. The SMILES string of the molecule is Fc1cc(F)c(-c2ccncc2)c(F)c1. The molecule has 0 aliphatic heterocycles. The van der Waals surface area contributed by atoms with Gasteiger partial charge in [-0.15, -0.1) is 0 Å². The lowest BCUT2D eigenvalue weighted by molar-refractivity contribution is 0.548. The highest BCUT2D eigenvalue weighted by Crippen LogP contribution is 2.25. The first-order valence-corrected chi connectivity index (χ1v) is 4.23. The lowest BCUT2D eigenvalue weighted by Crippen LogP contribution is -1.92. The summed E-state index contributed by atoms with van der Waals surface area (Å²) in [6, 6.07) is 4.22. The van der Waals surface area contributed by atoms with E-state index in [0.717, 1.165) is 0 Å². The Balaban J connectivity index is 2.64. The highest BCUT2D eigenvalue weighted by molar-refractivity contribution is 5.64. The Morgan fingerprint density at radius 3 is 1.93 bits per heavy atom. The van der Waals surface area contributed by atoms with E-state index in [1.165, 1.54) is 24.5 Å². The molecule has 0 saturated heterocycles. The number of hydrogen-bond acceptors (Lipinski definition) is 1. The number of aromatic nitrogens is 1. The molecule has 15 heavy (non-hydrogen) atoms. The number of halogens is 3. The third-order valence-corrected chi connectivity index (χ3v) is 1.98. The molecule has 0 atom stereocenters. The van der Waals surface area contributed by atoms with Crippen LogP contribution in [0, 0.1) is 17.5 Å². The fourth-order valence-electron chi connectivity index (χ4n) is 1.34. The minimum absolute atomic E-state index is 0.237. The third kappa shape index (κ3) is 1.83. The van der Waals surface area contributed by atoms with Crippen LogP contribution in [0.5, 0.6) is 0 Å². The van der Waals surface area contributed by atoms with Gasteiger partial charge >= 0.3 is 0 Å². The highest BCUT2D eigenvalue weighted by atomic mass is 19.1. The molecule has 0 saturated carbocycles.